The van der Waals surface area contributed by atoms with E-state index in [4.69, 9.17) is 4.52 Å². The van der Waals surface area contributed by atoms with E-state index in [0.717, 1.165) is 41.9 Å². The molecule has 2 aromatic heterocycles. The second-order valence-electron chi connectivity index (χ2n) is 12.1. The van der Waals surface area contributed by atoms with Crippen molar-refractivity contribution in [3.63, 3.8) is 0 Å². The Bertz CT molecular complexity index is 1530. The fourth-order valence-electron chi connectivity index (χ4n) is 7.22. The number of carboxylic acids is 1. The van der Waals surface area contributed by atoms with E-state index in [-0.39, 0.29) is 0 Å². The van der Waals surface area contributed by atoms with Gasteiger partial charge < -0.3 is 19.1 Å². The first kappa shape index (κ1) is 23.6. The molecule has 196 valence electrons. The molecule has 6 heteroatoms. The second-order valence-corrected chi connectivity index (χ2v) is 12.1. The van der Waals surface area contributed by atoms with Gasteiger partial charge in [-0.25, -0.2) is 4.79 Å². The summed E-state index contributed by atoms with van der Waals surface area (Å²) in [6, 6.07) is 14.8. The Morgan fingerprint density at radius 3 is 2.61 bits per heavy atom. The van der Waals surface area contributed by atoms with Gasteiger partial charge in [0, 0.05) is 54.5 Å². The predicted octanol–water partition coefficient (Wildman–Crippen LogP) is 6.96. The number of hydrogen-bond acceptors (Lipinski definition) is 4. The van der Waals surface area contributed by atoms with Crippen LogP contribution in [0.3, 0.4) is 0 Å². The number of aryl methyl sites for hydroxylation is 2. The largest absolute Gasteiger partial charge is 0.478 e. The molecule has 0 amide bonds. The summed E-state index contributed by atoms with van der Waals surface area (Å²) in [5, 5.41) is 14.9. The van der Waals surface area contributed by atoms with E-state index in [1.807, 2.05) is 17.7 Å². The number of rotatable bonds is 6. The number of aromatic nitrogens is 2. The van der Waals surface area contributed by atoms with E-state index in [1.54, 1.807) is 6.20 Å². The molecule has 2 aliphatic carbocycles. The first-order valence-corrected chi connectivity index (χ1v) is 14.0. The Morgan fingerprint density at radius 1 is 1.13 bits per heavy atom. The Morgan fingerprint density at radius 2 is 1.89 bits per heavy atom. The van der Waals surface area contributed by atoms with Crippen molar-refractivity contribution in [1.29, 1.82) is 0 Å². The lowest BCUT2D eigenvalue weighted by Crippen LogP contribution is -2.47. The van der Waals surface area contributed by atoms with Crippen molar-refractivity contribution in [2.75, 3.05) is 18.0 Å². The van der Waals surface area contributed by atoms with Crippen molar-refractivity contribution in [1.82, 2.24) is 9.72 Å². The molecular formula is C32H35N3O3. The maximum atomic E-state index is 11.6. The van der Waals surface area contributed by atoms with Crippen molar-refractivity contribution >= 4 is 22.6 Å². The molecule has 6 nitrogen and oxygen atoms in total. The maximum Gasteiger partial charge on any atom is 0.337 e. The molecular weight excluding hydrogens is 474 g/mol. The van der Waals surface area contributed by atoms with Crippen LogP contribution in [0.1, 0.15) is 71.7 Å². The van der Waals surface area contributed by atoms with Gasteiger partial charge in [0.15, 0.2) is 0 Å². The van der Waals surface area contributed by atoms with Gasteiger partial charge in [-0.1, -0.05) is 29.4 Å². The maximum absolute atomic E-state index is 11.6. The van der Waals surface area contributed by atoms with Gasteiger partial charge in [0.2, 0.25) is 0 Å². The molecule has 1 aliphatic heterocycles. The number of anilines is 1. The summed E-state index contributed by atoms with van der Waals surface area (Å²) >= 11 is 0. The molecule has 38 heavy (non-hydrogen) atoms. The topological polar surface area (TPSA) is 71.5 Å². The SMILES string of the molecule is Cc1ccccc1-c1noc(C2CC2)c1CC1CC2(CCN(c3ccc4c(C(=O)O)cn(C)c4c3)CC2)C1. The highest BCUT2D eigenvalue weighted by Gasteiger charge is 2.46. The van der Waals surface area contributed by atoms with Crippen molar-refractivity contribution in [2.24, 2.45) is 18.4 Å². The molecule has 3 heterocycles. The minimum absolute atomic E-state index is 0.371. The van der Waals surface area contributed by atoms with Crippen LogP contribution in [0.25, 0.3) is 22.2 Å². The summed E-state index contributed by atoms with van der Waals surface area (Å²) in [6.07, 6.45) is 10.3. The smallest absolute Gasteiger partial charge is 0.337 e. The van der Waals surface area contributed by atoms with Crippen LogP contribution in [0.5, 0.6) is 0 Å². The average molecular weight is 510 g/mol. The zero-order valence-corrected chi connectivity index (χ0v) is 22.2. The predicted molar refractivity (Wildman–Crippen MR) is 149 cm³/mol. The molecule has 2 saturated carbocycles. The van der Waals surface area contributed by atoms with Crippen LogP contribution in [0.4, 0.5) is 5.69 Å². The van der Waals surface area contributed by atoms with Gasteiger partial charge >= 0.3 is 5.97 Å². The number of piperidine rings is 1. The summed E-state index contributed by atoms with van der Waals surface area (Å²) in [5.41, 5.74) is 7.93. The number of hydrogen-bond donors (Lipinski definition) is 1. The Labute approximate surface area is 223 Å². The van der Waals surface area contributed by atoms with Crippen LogP contribution in [0.2, 0.25) is 0 Å². The van der Waals surface area contributed by atoms with Gasteiger partial charge in [-0.3, -0.25) is 0 Å². The van der Waals surface area contributed by atoms with E-state index >= 15 is 0 Å². The molecule has 3 fully saturated rings. The highest BCUT2D eigenvalue weighted by atomic mass is 16.5. The summed E-state index contributed by atoms with van der Waals surface area (Å²) < 4.78 is 7.89. The van der Waals surface area contributed by atoms with Crippen molar-refractivity contribution in [2.45, 2.75) is 57.8 Å². The molecule has 0 bridgehead atoms. The van der Waals surface area contributed by atoms with Gasteiger partial charge in [-0.2, -0.15) is 0 Å². The highest BCUT2D eigenvalue weighted by Crippen LogP contribution is 2.55. The molecule has 0 atom stereocenters. The van der Waals surface area contributed by atoms with Crippen molar-refractivity contribution in [3.8, 4) is 11.3 Å². The minimum Gasteiger partial charge on any atom is -0.478 e. The first-order valence-electron chi connectivity index (χ1n) is 14.0. The third kappa shape index (κ3) is 3.93. The van der Waals surface area contributed by atoms with E-state index in [9.17, 15) is 9.90 Å². The van der Waals surface area contributed by atoms with Crippen LogP contribution in [-0.2, 0) is 13.5 Å². The van der Waals surface area contributed by atoms with Gasteiger partial charge in [0.25, 0.3) is 0 Å². The van der Waals surface area contributed by atoms with E-state index in [0.29, 0.717) is 22.8 Å². The van der Waals surface area contributed by atoms with E-state index < -0.39 is 5.97 Å². The minimum atomic E-state index is -0.871. The van der Waals surface area contributed by atoms with Crippen LogP contribution in [-0.4, -0.2) is 33.9 Å². The van der Waals surface area contributed by atoms with Crippen molar-refractivity contribution in [3.05, 3.63) is 71.1 Å². The monoisotopic (exact) mass is 509 g/mol. The summed E-state index contributed by atoms with van der Waals surface area (Å²) in [4.78, 5) is 14.1. The number of fused-ring (bicyclic) bond motifs is 1. The third-order valence-corrected chi connectivity index (χ3v) is 9.50. The third-order valence-electron chi connectivity index (χ3n) is 9.50. The number of aromatic carboxylic acids is 1. The van der Waals surface area contributed by atoms with Gasteiger partial charge in [-0.15, -0.1) is 0 Å². The number of carbonyl (C=O) groups is 1. The first-order chi connectivity index (χ1) is 18.4. The van der Waals surface area contributed by atoms with Crippen molar-refractivity contribution < 1.29 is 14.4 Å². The molecule has 0 unspecified atom stereocenters. The number of benzene rings is 2. The van der Waals surface area contributed by atoms with Crippen LogP contribution < -0.4 is 4.90 Å². The lowest BCUT2D eigenvalue weighted by Gasteiger charge is -2.53. The van der Waals surface area contributed by atoms with E-state index in [2.05, 4.69) is 53.4 Å². The Kier molecular flexibility index (Phi) is 5.43. The fourth-order valence-corrected chi connectivity index (χ4v) is 7.22. The molecule has 3 aliphatic rings. The molecule has 4 aromatic rings. The van der Waals surface area contributed by atoms with Gasteiger partial charge in [-0.05, 0) is 87.0 Å². The lowest BCUT2D eigenvalue weighted by molar-refractivity contribution is 0.0282. The van der Waals surface area contributed by atoms with Crippen LogP contribution in [0, 0.1) is 18.3 Å². The Hall–Kier alpha value is -3.54. The highest BCUT2D eigenvalue weighted by molar-refractivity contribution is 6.04. The van der Waals surface area contributed by atoms with Gasteiger partial charge in [0.1, 0.15) is 11.5 Å². The van der Waals surface area contributed by atoms with Crippen LogP contribution in [0.15, 0.2) is 53.2 Å². The molecule has 7 rings (SSSR count). The lowest BCUT2D eigenvalue weighted by atomic mass is 9.56. The normalized spacial score (nSPS) is 19.3. The molecule has 0 radical (unpaired) electrons. The van der Waals surface area contributed by atoms with Gasteiger partial charge in [0.05, 0.1) is 11.1 Å². The summed E-state index contributed by atoms with van der Waals surface area (Å²) in [6.45, 7) is 4.28. The second kappa shape index (κ2) is 8.75. The van der Waals surface area contributed by atoms with E-state index in [1.165, 1.54) is 60.9 Å². The zero-order valence-electron chi connectivity index (χ0n) is 22.2. The standard InChI is InChI=1S/C32H35N3O3/c1-20-5-3-4-6-24(20)29-26(30(38-33-29)22-7-8-22)15-21-17-32(18-21)11-13-35(14-12-32)23-9-10-25-27(31(36)37)19-34(2)28(25)16-23/h3-6,9-10,16,19,21-22H,7-8,11-15,17-18H2,1-2H3,(H,36,37). The molecule has 1 N–H and O–H groups in total. The number of nitrogens with zero attached hydrogens (tertiary/aromatic N) is 3. The molecule has 2 aromatic carbocycles. The molecule has 1 spiro atoms. The average Bonchev–Trinajstić information content (AvgIpc) is 3.58. The van der Waals surface area contributed by atoms with Crippen LogP contribution >= 0.6 is 0 Å². The molecule has 1 saturated heterocycles. The quantitative estimate of drug-likeness (QED) is 0.304. The zero-order chi connectivity index (χ0) is 26.0. The number of carboxylic acid groups (broad SMARTS) is 1. The summed E-state index contributed by atoms with van der Waals surface area (Å²) in [5.74, 6) is 1.56. The summed E-state index contributed by atoms with van der Waals surface area (Å²) in [7, 11) is 1.92. The Balaban J connectivity index is 1.03. The fraction of sp³-hybridized carbons (Fsp3) is 0.438.